The third-order valence-electron chi connectivity index (χ3n) is 2.70. The van der Waals surface area contributed by atoms with Crippen LogP contribution in [0.1, 0.15) is 39.4 Å². The van der Waals surface area contributed by atoms with Gasteiger partial charge < -0.3 is 4.74 Å². The normalized spacial score (nSPS) is 10.9. The lowest BCUT2D eigenvalue weighted by molar-refractivity contribution is -0.703. The van der Waals surface area contributed by atoms with Crippen LogP contribution < -0.4 is 4.57 Å². The highest BCUT2D eigenvalue weighted by molar-refractivity contribution is 4.82. The van der Waals surface area contributed by atoms with Crippen molar-refractivity contribution in [2.45, 2.75) is 53.1 Å². The van der Waals surface area contributed by atoms with Crippen LogP contribution in [0.25, 0.3) is 0 Å². The quantitative estimate of drug-likeness (QED) is 0.490. The predicted molar refractivity (Wildman–Crippen MR) is 65.4 cm³/mol. The summed E-state index contributed by atoms with van der Waals surface area (Å²) in [6.45, 7) is 10.4. The summed E-state index contributed by atoms with van der Waals surface area (Å²) in [6, 6.07) is 0. The fourth-order valence-corrected chi connectivity index (χ4v) is 1.96. The Hall–Kier alpha value is -0.830. The van der Waals surface area contributed by atoms with Crippen LogP contribution in [0.2, 0.25) is 0 Å². The van der Waals surface area contributed by atoms with Gasteiger partial charge in [0.15, 0.2) is 0 Å². The van der Waals surface area contributed by atoms with Crippen molar-refractivity contribution in [1.82, 2.24) is 4.57 Å². The molecule has 0 atom stereocenters. The van der Waals surface area contributed by atoms with Gasteiger partial charge in [0, 0.05) is 13.0 Å². The first-order valence-electron chi connectivity index (χ1n) is 6.48. The van der Waals surface area contributed by atoms with E-state index in [2.05, 4.69) is 42.3 Å². The molecule has 0 aliphatic carbocycles. The first-order valence-corrected chi connectivity index (χ1v) is 6.48. The number of hydrogen-bond acceptors (Lipinski definition) is 1. The molecule has 92 valence electrons. The van der Waals surface area contributed by atoms with Crippen molar-refractivity contribution in [2.24, 2.45) is 0 Å². The van der Waals surface area contributed by atoms with E-state index in [0.717, 1.165) is 39.1 Å². The molecule has 1 aromatic rings. The molecule has 0 saturated carbocycles. The second-order valence-corrected chi connectivity index (χ2v) is 4.07. The minimum atomic E-state index is 0.821. The summed E-state index contributed by atoms with van der Waals surface area (Å²) in [5, 5.41) is 0. The maximum absolute atomic E-state index is 5.53. The van der Waals surface area contributed by atoms with Gasteiger partial charge in [0.1, 0.15) is 18.9 Å². The zero-order valence-corrected chi connectivity index (χ0v) is 10.9. The number of aryl methyl sites for hydroxylation is 1. The summed E-state index contributed by atoms with van der Waals surface area (Å²) >= 11 is 0. The van der Waals surface area contributed by atoms with Gasteiger partial charge in [-0.3, -0.25) is 0 Å². The Balaban J connectivity index is 2.51. The van der Waals surface area contributed by atoms with Crippen molar-refractivity contribution in [3.05, 3.63) is 18.2 Å². The molecule has 1 rings (SSSR count). The highest BCUT2D eigenvalue weighted by Crippen LogP contribution is 1.98. The Bertz CT molecular complexity index is 294. The molecule has 0 spiro atoms. The van der Waals surface area contributed by atoms with Gasteiger partial charge in [-0.1, -0.05) is 20.8 Å². The summed E-state index contributed by atoms with van der Waals surface area (Å²) in [4.78, 5) is 0. The van der Waals surface area contributed by atoms with Crippen LogP contribution in [0.5, 0.6) is 0 Å². The van der Waals surface area contributed by atoms with Gasteiger partial charge in [-0.25, -0.2) is 9.13 Å². The van der Waals surface area contributed by atoms with E-state index in [1.165, 1.54) is 12.2 Å². The molecular formula is C13H25N2O+. The third-order valence-corrected chi connectivity index (χ3v) is 2.70. The molecule has 0 bridgehead atoms. The van der Waals surface area contributed by atoms with Crippen molar-refractivity contribution in [3.8, 4) is 0 Å². The molecule has 1 aromatic heterocycles. The van der Waals surface area contributed by atoms with Crippen LogP contribution in [0.4, 0.5) is 0 Å². The minimum Gasteiger partial charge on any atom is -0.377 e. The van der Waals surface area contributed by atoms with E-state index in [4.69, 9.17) is 4.74 Å². The van der Waals surface area contributed by atoms with Gasteiger partial charge in [0.25, 0.3) is 5.82 Å². The number of aromatic nitrogens is 2. The Labute approximate surface area is 99.0 Å². The zero-order valence-electron chi connectivity index (χ0n) is 10.9. The van der Waals surface area contributed by atoms with Crippen LogP contribution in [0, 0.1) is 0 Å². The second-order valence-electron chi connectivity index (χ2n) is 4.07. The number of rotatable bonds is 8. The van der Waals surface area contributed by atoms with Crippen LogP contribution in [0.15, 0.2) is 12.4 Å². The van der Waals surface area contributed by atoms with Gasteiger partial charge in [0.05, 0.1) is 13.2 Å². The molecule has 0 unspecified atom stereocenters. The first-order chi connectivity index (χ1) is 7.83. The molecular weight excluding hydrogens is 200 g/mol. The lowest BCUT2D eigenvalue weighted by Gasteiger charge is -2.03. The van der Waals surface area contributed by atoms with E-state index in [-0.39, 0.29) is 0 Å². The summed E-state index contributed by atoms with van der Waals surface area (Å²) in [5.41, 5.74) is 0. The van der Waals surface area contributed by atoms with Gasteiger partial charge in [-0.15, -0.1) is 0 Å². The first kappa shape index (κ1) is 13.2. The standard InChI is InChI=1S/C13H25N2O/c1-4-7-14-8-9-15(13(14)6-3)10-12-16-11-5-2/h8-9H,4-7,10-12H2,1-3H3/q+1. The second kappa shape index (κ2) is 7.44. The van der Waals surface area contributed by atoms with E-state index in [1.54, 1.807) is 0 Å². The summed E-state index contributed by atoms with van der Waals surface area (Å²) in [7, 11) is 0. The zero-order chi connectivity index (χ0) is 11.8. The average Bonchev–Trinajstić information content (AvgIpc) is 2.67. The van der Waals surface area contributed by atoms with Gasteiger partial charge >= 0.3 is 0 Å². The highest BCUT2D eigenvalue weighted by atomic mass is 16.5. The SMILES string of the molecule is CCCOCCn1cc[n+](CCC)c1CC. The Morgan fingerprint density at radius 3 is 2.62 bits per heavy atom. The van der Waals surface area contributed by atoms with Crippen molar-refractivity contribution in [1.29, 1.82) is 0 Å². The van der Waals surface area contributed by atoms with Gasteiger partial charge in [0.2, 0.25) is 0 Å². The highest BCUT2D eigenvalue weighted by Gasteiger charge is 2.13. The minimum absolute atomic E-state index is 0.821. The Morgan fingerprint density at radius 1 is 1.19 bits per heavy atom. The number of ether oxygens (including phenoxy) is 1. The van der Waals surface area contributed by atoms with E-state index in [1.807, 2.05) is 0 Å². The average molecular weight is 225 g/mol. The van der Waals surface area contributed by atoms with Crippen LogP contribution in [0.3, 0.4) is 0 Å². The van der Waals surface area contributed by atoms with Crippen molar-refractivity contribution < 1.29 is 9.30 Å². The maximum atomic E-state index is 5.53. The fraction of sp³-hybridized carbons (Fsp3) is 0.769. The molecule has 16 heavy (non-hydrogen) atoms. The van der Waals surface area contributed by atoms with Crippen LogP contribution in [-0.4, -0.2) is 17.8 Å². The van der Waals surface area contributed by atoms with Gasteiger partial charge in [-0.05, 0) is 12.8 Å². The van der Waals surface area contributed by atoms with E-state index >= 15 is 0 Å². The molecule has 1 heterocycles. The number of hydrogen-bond donors (Lipinski definition) is 0. The largest absolute Gasteiger partial charge is 0.377 e. The molecule has 0 amide bonds. The number of nitrogens with zero attached hydrogens (tertiary/aromatic N) is 2. The summed E-state index contributed by atoms with van der Waals surface area (Å²) in [5.74, 6) is 1.40. The summed E-state index contributed by atoms with van der Waals surface area (Å²) in [6.07, 6.45) is 7.73. The monoisotopic (exact) mass is 225 g/mol. The fourth-order valence-electron chi connectivity index (χ4n) is 1.96. The van der Waals surface area contributed by atoms with Crippen molar-refractivity contribution >= 4 is 0 Å². The summed E-state index contributed by atoms with van der Waals surface area (Å²) < 4.78 is 10.2. The molecule has 3 nitrogen and oxygen atoms in total. The predicted octanol–water partition coefficient (Wildman–Crippen LogP) is 2.17. The van der Waals surface area contributed by atoms with E-state index in [9.17, 15) is 0 Å². The molecule has 0 saturated heterocycles. The van der Waals surface area contributed by atoms with Crippen molar-refractivity contribution in [2.75, 3.05) is 13.2 Å². The molecule has 3 heteroatoms. The van der Waals surface area contributed by atoms with Crippen LogP contribution in [-0.2, 0) is 24.2 Å². The Kier molecular flexibility index (Phi) is 6.16. The molecule has 0 N–H and O–H groups in total. The lowest BCUT2D eigenvalue weighted by atomic mass is 10.4. The smallest absolute Gasteiger partial charge is 0.256 e. The lowest BCUT2D eigenvalue weighted by Crippen LogP contribution is -2.36. The molecule has 0 aliphatic rings. The molecule has 0 fully saturated rings. The maximum Gasteiger partial charge on any atom is 0.256 e. The molecule has 0 aliphatic heterocycles. The van der Waals surface area contributed by atoms with Crippen molar-refractivity contribution in [3.63, 3.8) is 0 Å². The van der Waals surface area contributed by atoms with E-state index < -0.39 is 0 Å². The van der Waals surface area contributed by atoms with E-state index in [0.29, 0.717) is 0 Å². The van der Waals surface area contributed by atoms with Crippen LogP contribution >= 0.6 is 0 Å². The Morgan fingerprint density at radius 2 is 2.00 bits per heavy atom. The molecule has 0 radical (unpaired) electrons. The van der Waals surface area contributed by atoms with Gasteiger partial charge in [-0.2, -0.15) is 0 Å². The number of imidazole rings is 1. The molecule has 0 aromatic carbocycles. The topological polar surface area (TPSA) is 18.0 Å². The third kappa shape index (κ3) is 3.63.